The third-order valence-corrected chi connectivity index (χ3v) is 2.41. The zero-order valence-corrected chi connectivity index (χ0v) is 11.2. The maximum absolute atomic E-state index is 12.2. The molecule has 0 aromatic carbocycles. The number of nitrogens with zero attached hydrogens (tertiary/aromatic N) is 1. The molecule has 0 aliphatic carbocycles. The Morgan fingerprint density at radius 3 is 2.55 bits per heavy atom. The van der Waals surface area contributed by atoms with Gasteiger partial charge in [-0.15, -0.1) is 13.2 Å². The van der Waals surface area contributed by atoms with Gasteiger partial charge in [0.2, 0.25) is 0 Å². The Morgan fingerprint density at radius 2 is 2.05 bits per heavy atom. The van der Waals surface area contributed by atoms with Crippen LogP contribution in [0.15, 0.2) is 6.20 Å². The van der Waals surface area contributed by atoms with Crippen molar-refractivity contribution in [3.63, 3.8) is 0 Å². The third kappa shape index (κ3) is 4.29. The lowest BCUT2D eigenvalue weighted by Gasteiger charge is -2.15. The molecule has 0 saturated carbocycles. The molecule has 1 rings (SSSR count). The molecule has 1 aromatic rings. The quantitative estimate of drug-likeness (QED) is 0.780. The number of hydrogen-bond donors (Lipinski definition) is 0. The predicted molar refractivity (Wildman–Crippen MR) is 62.5 cm³/mol. The number of carbonyl (C=O) groups excluding carboxylic acids is 1. The van der Waals surface area contributed by atoms with Crippen molar-refractivity contribution in [3.05, 3.63) is 17.3 Å². The lowest BCUT2D eigenvalue weighted by molar-refractivity contribution is -0.276. The van der Waals surface area contributed by atoms with Gasteiger partial charge in [-0.1, -0.05) is 0 Å². The van der Waals surface area contributed by atoms with Crippen molar-refractivity contribution in [2.45, 2.75) is 26.6 Å². The lowest BCUT2D eigenvalue weighted by atomic mass is 10.1. The fourth-order valence-electron chi connectivity index (χ4n) is 1.57. The highest BCUT2D eigenvalue weighted by molar-refractivity contribution is 5.73. The van der Waals surface area contributed by atoms with E-state index in [1.165, 1.54) is 14.0 Å². The van der Waals surface area contributed by atoms with Crippen LogP contribution in [0, 0.1) is 6.92 Å². The molecule has 0 aliphatic heterocycles. The summed E-state index contributed by atoms with van der Waals surface area (Å²) >= 11 is 0. The molecule has 0 spiro atoms. The van der Waals surface area contributed by atoms with E-state index in [1.807, 2.05) is 0 Å². The smallest absolute Gasteiger partial charge is 0.491 e. The first-order valence-corrected chi connectivity index (χ1v) is 5.72. The Labute approximate surface area is 113 Å². The van der Waals surface area contributed by atoms with Gasteiger partial charge < -0.3 is 14.2 Å². The third-order valence-electron chi connectivity index (χ3n) is 2.41. The normalized spacial score (nSPS) is 11.1. The minimum Gasteiger partial charge on any atom is -0.491 e. The van der Waals surface area contributed by atoms with Gasteiger partial charge in [-0.3, -0.25) is 4.79 Å². The largest absolute Gasteiger partial charge is 0.574 e. The van der Waals surface area contributed by atoms with Crippen LogP contribution in [-0.2, 0) is 16.0 Å². The van der Waals surface area contributed by atoms with Crippen molar-refractivity contribution in [3.8, 4) is 11.6 Å². The van der Waals surface area contributed by atoms with Crippen LogP contribution >= 0.6 is 0 Å². The Balaban J connectivity index is 3.05. The molecular formula is C12H14F3NO4. The second-order valence-corrected chi connectivity index (χ2v) is 3.78. The number of aromatic nitrogens is 1. The zero-order chi connectivity index (χ0) is 15.3. The molecule has 0 unspecified atom stereocenters. The van der Waals surface area contributed by atoms with E-state index < -0.39 is 18.2 Å². The van der Waals surface area contributed by atoms with E-state index >= 15 is 0 Å². The van der Waals surface area contributed by atoms with Crippen molar-refractivity contribution < 1.29 is 32.2 Å². The Hall–Kier alpha value is -1.99. The molecule has 112 valence electrons. The van der Waals surface area contributed by atoms with E-state index in [0.29, 0.717) is 11.1 Å². The number of hydrogen-bond acceptors (Lipinski definition) is 5. The molecule has 0 N–H and O–H groups in total. The Morgan fingerprint density at radius 1 is 1.40 bits per heavy atom. The summed E-state index contributed by atoms with van der Waals surface area (Å²) in [6.45, 7) is 3.39. The van der Waals surface area contributed by atoms with Crippen molar-refractivity contribution in [2.75, 3.05) is 13.7 Å². The topological polar surface area (TPSA) is 57.7 Å². The van der Waals surface area contributed by atoms with Crippen molar-refractivity contribution >= 4 is 5.97 Å². The van der Waals surface area contributed by atoms with E-state index in [0.717, 1.165) is 6.20 Å². The average Bonchev–Trinajstić information content (AvgIpc) is 2.31. The van der Waals surface area contributed by atoms with Gasteiger partial charge in [0.25, 0.3) is 5.88 Å². The van der Waals surface area contributed by atoms with Crippen LogP contribution in [0.2, 0.25) is 0 Å². The second-order valence-electron chi connectivity index (χ2n) is 3.78. The zero-order valence-electron chi connectivity index (χ0n) is 11.2. The number of carbonyl (C=O) groups is 1. The van der Waals surface area contributed by atoms with Crippen molar-refractivity contribution in [1.29, 1.82) is 0 Å². The molecule has 0 radical (unpaired) electrons. The highest BCUT2D eigenvalue weighted by Crippen LogP contribution is 2.34. The highest BCUT2D eigenvalue weighted by Gasteiger charge is 2.34. The summed E-state index contributed by atoms with van der Waals surface area (Å²) in [6.07, 6.45) is -3.83. The van der Waals surface area contributed by atoms with E-state index in [-0.39, 0.29) is 18.8 Å². The number of esters is 1. The molecule has 8 heteroatoms. The van der Waals surface area contributed by atoms with Crippen LogP contribution in [0.5, 0.6) is 11.6 Å². The van der Waals surface area contributed by atoms with Crippen molar-refractivity contribution in [2.24, 2.45) is 0 Å². The first kappa shape index (κ1) is 16.1. The molecule has 0 bridgehead atoms. The molecule has 0 fully saturated rings. The standard InChI is InChI=1S/C12H14F3NO4/c1-4-19-9(17)5-8-6-16-11(20-12(13,14)15)10(18-3)7(8)2/h6H,4-5H2,1-3H3. The number of alkyl halides is 3. The fourth-order valence-corrected chi connectivity index (χ4v) is 1.57. The first-order valence-electron chi connectivity index (χ1n) is 5.72. The molecule has 0 amide bonds. The predicted octanol–water partition coefficient (Wildman–Crippen LogP) is 2.40. The summed E-state index contributed by atoms with van der Waals surface area (Å²) in [5.41, 5.74) is 0.754. The van der Waals surface area contributed by atoms with Gasteiger partial charge in [0.1, 0.15) is 0 Å². The van der Waals surface area contributed by atoms with Crippen LogP contribution < -0.4 is 9.47 Å². The summed E-state index contributed by atoms with van der Waals surface area (Å²) in [5, 5.41) is 0. The molecule has 1 heterocycles. The number of methoxy groups -OCH3 is 1. The van der Waals surface area contributed by atoms with Gasteiger partial charge >= 0.3 is 12.3 Å². The number of ether oxygens (including phenoxy) is 3. The average molecular weight is 293 g/mol. The van der Waals surface area contributed by atoms with Crippen LogP contribution in [0.3, 0.4) is 0 Å². The summed E-state index contributed by atoms with van der Waals surface area (Å²) < 4.78 is 50.0. The molecule has 20 heavy (non-hydrogen) atoms. The van der Waals surface area contributed by atoms with Gasteiger partial charge in [-0.25, -0.2) is 4.98 Å². The molecule has 0 aliphatic rings. The van der Waals surface area contributed by atoms with Gasteiger partial charge in [0.15, 0.2) is 5.75 Å². The summed E-state index contributed by atoms with van der Waals surface area (Å²) in [6, 6.07) is 0. The molecule has 5 nitrogen and oxygen atoms in total. The van der Waals surface area contributed by atoms with Gasteiger partial charge in [0.05, 0.1) is 20.1 Å². The number of pyridine rings is 1. The molecule has 0 atom stereocenters. The van der Waals surface area contributed by atoms with Gasteiger partial charge in [-0.2, -0.15) is 0 Å². The first-order chi connectivity index (χ1) is 9.28. The maximum atomic E-state index is 12.2. The maximum Gasteiger partial charge on any atom is 0.574 e. The minimum absolute atomic E-state index is 0.102. The van der Waals surface area contributed by atoms with Crippen LogP contribution in [-0.4, -0.2) is 31.0 Å². The monoisotopic (exact) mass is 293 g/mol. The van der Waals surface area contributed by atoms with Crippen LogP contribution in [0.4, 0.5) is 13.2 Å². The van der Waals surface area contributed by atoms with E-state index in [9.17, 15) is 18.0 Å². The Bertz CT molecular complexity index is 488. The minimum atomic E-state index is -4.87. The van der Waals surface area contributed by atoms with E-state index in [1.54, 1.807) is 6.92 Å². The molecular weight excluding hydrogens is 279 g/mol. The van der Waals surface area contributed by atoms with Gasteiger partial charge in [0, 0.05) is 11.8 Å². The number of halogens is 3. The van der Waals surface area contributed by atoms with Gasteiger partial charge in [-0.05, 0) is 19.4 Å². The summed E-state index contributed by atoms with van der Waals surface area (Å²) in [7, 11) is 1.20. The Kier molecular flexibility index (Phi) is 5.18. The fraction of sp³-hybridized carbons (Fsp3) is 0.500. The molecule has 0 saturated heterocycles. The van der Waals surface area contributed by atoms with E-state index in [4.69, 9.17) is 9.47 Å². The number of rotatable bonds is 5. The van der Waals surface area contributed by atoms with Crippen LogP contribution in [0.1, 0.15) is 18.1 Å². The second kappa shape index (κ2) is 6.44. The summed E-state index contributed by atoms with van der Waals surface area (Å²) in [5.74, 6) is -1.35. The molecule has 1 aromatic heterocycles. The van der Waals surface area contributed by atoms with E-state index in [2.05, 4.69) is 9.72 Å². The summed E-state index contributed by atoms with van der Waals surface area (Å²) in [4.78, 5) is 14.9. The SMILES string of the molecule is CCOC(=O)Cc1cnc(OC(F)(F)F)c(OC)c1C. The highest BCUT2D eigenvalue weighted by atomic mass is 19.4. The van der Waals surface area contributed by atoms with Crippen LogP contribution in [0.25, 0.3) is 0 Å². The van der Waals surface area contributed by atoms with Crippen molar-refractivity contribution in [1.82, 2.24) is 4.98 Å². The lowest BCUT2D eigenvalue weighted by Crippen LogP contribution is -2.19.